The Bertz CT molecular complexity index is 558. The van der Waals surface area contributed by atoms with Gasteiger partial charge in [-0.1, -0.05) is 15.9 Å². The van der Waals surface area contributed by atoms with Crippen molar-refractivity contribution in [2.75, 3.05) is 33.0 Å². The van der Waals surface area contributed by atoms with Crippen LogP contribution in [0.4, 0.5) is 13.2 Å². The molecule has 0 spiro atoms. The molecule has 2 heterocycles. The molecule has 0 bridgehead atoms. The minimum absolute atomic E-state index is 0. The van der Waals surface area contributed by atoms with Gasteiger partial charge in [0, 0.05) is 36.7 Å². The highest BCUT2D eigenvalue weighted by molar-refractivity contribution is 9.10. The molecule has 3 rings (SSSR count). The van der Waals surface area contributed by atoms with Crippen LogP contribution >= 0.6 is 40.7 Å². The number of rotatable bonds is 3. The van der Waals surface area contributed by atoms with Crippen molar-refractivity contribution in [3.05, 3.63) is 22.2 Å². The number of benzene rings is 1. The number of halogens is 6. The first-order valence-corrected chi connectivity index (χ1v) is 7.84. The third kappa shape index (κ3) is 5.05. The van der Waals surface area contributed by atoms with Gasteiger partial charge in [-0.15, -0.1) is 24.8 Å². The number of ether oxygens (including phenoxy) is 2. The quantitative estimate of drug-likeness (QED) is 0.752. The summed E-state index contributed by atoms with van der Waals surface area (Å²) < 4.78 is 50.3. The maximum absolute atomic E-state index is 13.0. The lowest BCUT2D eigenvalue weighted by atomic mass is 10.00. The van der Waals surface area contributed by atoms with E-state index < -0.39 is 18.6 Å². The van der Waals surface area contributed by atoms with E-state index in [1.54, 1.807) is 12.1 Å². The van der Waals surface area contributed by atoms with Crippen LogP contribution in [0.25, 0.3) is 0 Å². The Hall–Kier alpha value is -0.410. The lowest BCUT2D eigenvalue weighted by Gasteiger charge is -2.36. The molecule has 2 aliphatic heterocycles. The molecular weight excluding hydrogens is 436 g/mol. The van der Waals surface area contributed by atoms with E-state index in [0.717, 1.165) is 0 Å². The fourth-order valence-corrected chi connectivity index (χ4v) is 3.42. The zero-order valence-electron chi connectivity index (χ0n) is 12.6. The zero-order valence-corrected chi connectivity index (χ0v) is 15.8. The van der Waals surface area contributed by atoms with Crippen molar-refractivity contribution in [3.8, 4) is 11.5 Å². The minimum atomic E-state index is -4.23. The van der Waals surface area contributed by atoms with E-state index >= 15 is 0 Å². The molecule has 0 aliphatic carbocycles. The Morgan fingerprint density at radius 1 is 1.12 bits per heavy atom. The Labute approximate surface area is 159 Å². The summed E-state index contributed by atoms with van der Waals surface area (Å²) in [6.45, 7) is 2.65. The monoisotopic (exact) mass is 452 g/mol. The van der Waals surface area contributed by atoms with Crippen molar-refractivity contribution in [2.45, 2.75) is 18.6 Å². The molecule has 1 fully saturated rings. The molecule has 0 unspecified atom stereocenters. The Morgan fingerprint density at radius 3 is 2.29 bits per heavy atom. The summed E-state index contributed by atoms with van der Waals surface area (Å²) in [4.78, 5) is 1.87. The molecule has 0 saturated carbocycles. The predicted octanol–water partition coefficient (Wildman–Crippen LogP) is 3.92. The molecular formula is C14H18BrCl2F3N2O2. The number of hydrogen-bond donors (Lipinski definition) is 1. The zero-order chi connectivity index (χ0) is 15.7. The summed E-state index contributed by atoms with van der Waals surface area (Å²) in [5.74, 6) is 1.06. The van der Waals surface area contributed by atoms with Crippen LogP contribution < -0.4 is 14.8 Å². The third-order valence-electron chi connectivity index (χ3n) is 3.87. The molecule has 138 valence electrons. The molecule has 1 atom stereocenters. The van der Waals surface area contributed by atoms with Gasteiger partial charge in [-0.2, -0.15) is 13.2 Å². The van der Waals surface area contributed by atoms with Crippen molar-refractivity contribution in [1.29, 1.82) is 0 Å². The van der Waals surface area contributed by atoms with Crippen LogP contribution in [0.5, 0.6) is 11.5 Å². The van der Waals surface area contributed by atoms with Gasteiger partial charge in [0.1, 0.15) is 0 Å². The van der Waals surface area contributed by atoms with E-state index in [2.05, 4.69) is 21.2 Å². The second-order valence-corrected chi connectivity index (χ2v) is 6.20. The first kappa shape index (κ1) is 21.6. The molecule has 0 amide bonds. The molecule has 0 aromatic heterocycles. The van der Waals surface area contributed by atoms with E-state index in [4.69, 9.17) is 9.47 Å². The highest BCUT2D eigenvalue weighted by Gasteiger charge is 2.37. The summed E-state index contributed by atoms with van der Waals surface area (Å²) in [7, 11) is 0. The molecule has 10 heteroatoms. The smallest absolute Gasteiger partial charge is 0.390 e. The summed E-state index contributed by atoms with van der Waals surface area (Å²) in [6, 6.07) is 2.61. The average Bonchev–Trinajstić information content (AvgIpc) is 2.91. The van der Waals surface area contributed by atoms with Crippen molar-refractivity contribution >= 4 is 40.7 Å². The van der Waals surface area contributed by atoms with Gasteiger partial charge < -0.3 is 14.8 Å². The second-order valence-electron chi connectivity index (χ2n) is 5.35. The van der Waals surface area contributed by atoms with Crippen LogP contribution in [0.1, 0.15) is 18.0 Å². The third-order valence-corrected chi connectivity index (χ3v) is 4.55. The van der Waals surface area contributed by atoms with Gasteiger partial charge in [0.15, 0.2) is 11.5 Å². The molecule has 1 aromatic carbocycles. The molecule has 0 radical (unpaired) electrons. The highest BCUT2D eigenvalue weighted by atomic mass is 79.9. The van der Waals surface area contributed by atoms with E-state index in [1.165, 1.54) is 0 Å². The van der Waals surface area contributed by atoms with Gasteiger partial charge in [-0.25, -0.2) is 0 Å². The molecule has 1 N–H and O–H groups in total. The number of nitrogens with zero attached hydrogens (tertiary/aromatic N) is 1. The molecule has 24 heavy (non-hydrogen) atoms. The lowest BCUT2D eigenvalue weighted by molar-refractivity contribution is -0.148. The highest BCUT2D eigenvalue weighted by Crippen LogP contribution is 2.43. The number of hydrogen-bond acceptors (Lipinski definition) is 4. The standard InChI is InChI=1S/C14H16BrF3N2O2.2ClH/c15-10-6-13-12(21-8-22-13)5-9(10)11(7-14(16,17)18)20-3-1-19-2-4-20;;/h5-6,11,19H,1-4,7-8H2;2*1H/t11-;;/m0../s1. The fourth-order valence-electron chi connectivity index (χ4n) is 2.84. The number of alkyl halides is 3. The van der Waals surface area contributed by atoms with Gasteiger partial charge in [-0.3, -0.25) is 4.90 Å². The normalized spacial score (nSPS) is 18.5. The first-order chi connectivity index (χ1) is 10.4. The van der Waals surface area contributed by atoms with Gasteiger partial charge in [-0.05, 0) is 17.7 Å². The van der Waals surface area contributed by atoms with Crippen molar-refractivity contribution in [1.82, 2.24) is 10.2 Å². The predicted molar refractivity (Wildman–Crippen MR) is 92.6 cm³/mol. The van der Waals surface area contributed by atoms with Crippen molar-refractivity contribution in [2.24, 2.45) is 0 Å². The van der Waals surface area contributed by atoms with Crippen LogP contribution in [0, 0.1) is 0 Å². The van der Waals surface area contributed by atoms with Crippen LogP contribution in [0.2, 0.25) is 0 Å². The van der Waals surface area contributed by atoms with Crippen molar-refractivity contribution < 1.29 is 22.6 Å². The first-order valence-electron chi connectivity index (χ1n) is 7.04. The van der Waals surface area contributed by atoms with E-state index in [0.29, 0.717) is 47.7 Å². The summed E-state index contributed by atoms with van der Waals surface area (Å²) >= 11 is 3.38. The molecule has 2 aliphatic rings. The Kier molecular flexibility index (Phi) is 7.93. The summed E-state index contributed by atoms with van der Waals surface area (Å²) in [5, 5.41) is 3.16. The maximum atomic E-state index is 13.0. The Balaban J connectivity index is 0.00000144. The van der Waals surface area contributed by atoms with Crippen molar-refractivity contribution in [3.63, 3.8) is 0 Å². The van der Waals surface area contributed by atoms with E-state index in [-0.39, 0.29) is 31.6 Å². The van der Waals surface area contributed by atoms with E-state index in [1.807, 2.05) is 4.90 Å². The fraction of sp³-hybridized carbons (Fsp3) is 0.571. The summed E-state index contributed by atoms with van der Waals surface area (Å²) in [6.07, 6.45) is -5.11. The molecule has 1 saturated heterocycles. The van der Waals surface area contributed by atoms with Crippen LogP contribution in [-0.4, -0.2) is 44.0 Å². The largest absolute Gasteiger partial charge is 0.454 e. The van der Waals surface area contributed by atoms with Gasteiger partial charge in [0.05, 0.1) is 6.42 Å². The number of piperazine rings is 1. The van der Waals surface area contributed by atoms with Crippen LogP contribution in [0.3, 0.4) is 0 Å². The number of fused-ring (bicyclic) bond motifs is 1. The lowest BCUT2D eigenvalue weighted by Crippen LogP contribution is -2.46. The summed E-state index contributed by atoms with van der Waals surface area (Å²) in [5.41, 5.74) is 0.587. The topological polar surface area (TPSA) is 33.7 Å². The molecule has 4 nitrogen and oxygen atoms in total. The number of nitrogens with one attached hydrogen (secondary N) is 1. The Morgan fingerprint density at radius 2 is 1.71 bits per heavy atom. The van der Waals surface area contributed by atoms with Gasteiger partial charge in [0.25, 0.3) is 0 Å². The molecule has 1 aromatic rings. The second kappa shape index (κ2) is 8.80. The van der Waals surface area contributed by atoms with Gasteiger partial charge >= 0.3 is 6.18 Å². The SMILES string of the molecule is Cl.Cl.FC(F)(F)C[C@@H](c1cc2c(cc1Br)OCO2)N1CCNCC1. The van der Waals surface area contributed by atoms with Crippen LogP contribution in [0.15, 0.2) is 16.6 Å². The van der Waals surface area contributed by atoms with Gasteiger partial charge in [0.2, 0.25) is 6.79 Å². The average molecular weight is 454 g/mol. The minimum Gasteiger partial charge on any atom is -0.454 e. The maximum Gasteiger partial charge on any atom is 0.390 e. The van der Waals surface area contributed by atoms with Crippen LogP contribution in [-0.2, 0) is 0 Å². The van der Waals surface area contributed by atoms with E-state index in [9.17, 15) is 13.2 Å².